The molecule has 1 aliphatic heterocycles. The number of ether oxygens (including phenoxy) is 1. The number of nitrogens with one attached hydrogen (secondary N) is 1. The maximum absolute atomic E-state index is 11.7. The molecule has 5 heteroatoms. The smallest absolute Gasteiger partial charge is 0.326 e. The van der Waals surface area contributed by atoms with Gasteiger partial charge in [-0.25, -0.2) is 10.0 Å². The first kappa shape index (κ1) is 12.4. The molecule has 0 saturated carbocycles. The van der Waals surface area contributed by atoms with Crippen molar-refractivity contribution in [3.05, 3.63) is 0 Å². The average Bonchev–Trinajstić information content (AvgIpc) is 2.27. The molecular weight excluding hydrogens is 194 g/mol. The minimum absolute atomic E-state index is 0.150. The summed E-state index contributed by atoms with van der Waals surface area (Å²) in [7, 11) is 7.30. The van der Waals surface area contributed by atoms with Crippen LogP contribution in [-0.4, -0.2) is 62.9 Å². The SMILES string of the molecule is CNC1(C(=O)OC)CCN(N(C)C)CC1. The van der Waals surface area contributed by atoms with E-state index in [-0.39, 0.29) is 5.97 Å². The number of likely N-dealkylation sites (N-methyl/N-ethyl adjacent to an activating group) is 1. The van der Waals surface area contributed by atoms with Gasteiger partial charge in [0.2, 0.25) is 0 Å². The second-order valence-corrected chi connectivity index (χ2v) is 4.12. The molecule has 0 unspecified atom stereocenters. The van der Waals surface area contributed by atoms with E-state index >= 15 is 0 Å². The molecule has 0 radical (unpaired) electrons. The van der Waals surface area contributed by atoms with Crippen LogP contribution >= 0.6 is 0 Å². The molecule has 0 amide bonds. The Morgan fingerprint density at radius 3 is 2.27 bits per heavy atom. The molecule has 0 spiro atoms. The zero-order valence-electron chi connectivity index (χ0n) is 10.0. The van der Waals surface area contributed by atoms with Crippen molar-refractivity contribution in [2.45, 2.75) is 18.4 Å². The van der Waals surface area contributed by atoms with E-state index in [1.807, 2.05) is 21.1 Å². The number of esters is 1. The fourth-order valence-electron chi connectivity index (χ4n) is 2.03. The molecule has 88 valence electrons. The number of carbonyl (C=O) groups is 1. The van der Waals surface area contributed by atoms with Crippen molar-refractivity contribution in [1.82, 2.24) is 15.3 Å². The Kier molecular flexibility index (Phi) is 4.07. The van der Waals surface area contributed by atoms with Crippen molar-refractivity contribution >= 4 is 5.97 Å². The van der Waals surface area contributed by atoms with Crippen molar-refractivity contribution in [3.8, 4) is 0 Å². The zero-order chi connectivity index (χ0) is 11.5. The van der Waals surface area contributed by atoms with Crippen molar-refractivity contribution < 1.29 is 9.53 Å². The van der Waals surface area contributed by atoms with E-state index in [2.05, 4.69) is 15.3 Å². The van der Waals surface area contributed by atoms with Crippen molar-refractivity contribution in [3.63, 3.8) is 0 Å². The van der Waals surface area contributed by atoms with E-state index in [1.165, 1.54) is 7.11 Å². The standard InChI is InChI=1S/C10H21N3O2/c1-11-10(9(14)15-4)5-7-13(8-6-10)12(2)3/h11H,5-8H2,1-4H3. The molecule has 1 rings (SSSR count). The number of nitrogens with zero attached hydrogens (tertiary/aromatic N) is 2. The number of carbonyl (C=O) groups excluding carboxylic acids is 1. The Labute approximate surface area is 91.3 Å². The van der Waals surface area contributed by atoms with E-state index in [4.69, 9.17) is 4.74 Å². The van der Waals surface area contributed by atoms with Gasteiger partial charge in [0, 0.05) is 27.2 Å². The zero-order valence-corrected chi connectivity index (χ0v) is 10.0. The normalized spacial score (nSPS) is 21.7. The van der Waals surface area contributed by atoms with E-state index < -0.39 is 5.54 Å². The van der Waals surface area contributed by atoms with Gasteiger partial charge in [0.1, 0.15) is 5.54 Å². The van der Waals surface area contributed by atoms with Gasteiger partial charge in [-0.15, -0.1) is 0 Å². The van der Waals surface area contributed by atoms with Gasteiger partial charge in [-0.2, -0.15) is 0 Å². The lowest BCUT2D eigenvalue weighted by Gasteiger charge is -2.41. The molecule has 0 aliphatic carbocycles. The lowest BCUT2D eigenvalue weighted by molar-refractivity contribution is -0.152. The van der Waals surface area contributed by atoms with Crippen LogP contribution in [0.2, 0.25) is 0 Å². The van der Waals surface area contributed by atoms with Gasteiger partial charge in [0.25, 0.3) is 0 Å². The molecule has 0 bridgehead atoms. The molecule has 1 saturated heterocycles. The third-order valence-electron chi connectivity index (χ3n) is 3.21. The Morgan fingerprint density at radius 1 is 1.40 bits per heavy atom. The highest BCUT2D eigenvalue weighted by Crippen LogP contribution is 2.23. The summed E-state index contributed by atoms with van der Waals surface area (Å²) in [6, 6.07) is 0. The first-order valence-corrected chi connectivity index (χ1v) is 5.25. The predicted molar refractivity (Wildman–Crippen MR) is 58.3 cm³/mol. The minimum Gasteiger partial charge on any atom is -0.468 e. The third kappa shape index (κ3) is 2.48. The Morgan fingerprint density at radius 2 is 1.93 bits per heavy atom. The molecule has 0 atom stereocenters. The van der Waals surface area contributed by atoms with Gasteiger partial charge in [0.05, 0.1) is 7.11 Å². The van der Waals surface area contributed by atoms with E-state index in [1.54, 1.807) is 0 Å². The van der Waals surface area contributed by atoms with Crippen LogP contribution in [-0.2, 0) is 9.53 Å². The Bertz CT molecular complexity index is 223. The lowest BCUT2D eigenvalue weighted by Crippen LogP contribution is -2.59. The highest BCUT2D eigenvalue weighted by molar-refractivity contribution is 5.80. The first-order chi connectivity index (χ1) is 7.05. The van der Waals surface area contributed by atoms with E-state index in [0.717, 1.165) is 25.9 Å². The van der Waals surface area contributed by atoms with Gasteiger partial charge < -0.3 is 10.1 Å². The largest absolute Gasteiger partial charge is 0.468 e. The molecule has 1 fully saturated rings. The van der Waals surface area contributed by atoms with Gasteiger partial charge in [-0.05, 0) is 19.9 Å². The van der Waals surface area contributed by atoms with Gasteiger partial charge >= 0.3 is 5.97 Å². The predicted octanol–water partition coefficient (Wildman–Crippen LogP) is -0.310. The maximum Gasteiger partial charge on any atom is 0.326 e. The third-order valence-corrected chi connectivity index (χ3v) is 3.21. The summed E-state index contributed by atoms with van der Waals surface area (Å²) in [5, 5.41) is 7.39. The number of hydrogen-bond donors (Lipinski definition) is 1. The summed E-state index contributed by atoms with van der Waals surface area (Å²) in [5.74, 6) is -0.150. The molecule has 15 heavy (non-hydrogen) atoms. The summed E-state index contributed by atoms with van der Waals surface area (Å²) in [6.07, 6.45) is 1.57. The fourth-order valence-corrected chi connectivity index (χ4v) is 2.03. The lowest BCUT2D eigenvalue weighted by atomic mass is 9.88. The summed E-state index contributed by atoms with van der Waals surface area (Å²) in [5.41, 5.74) is -0.485. The van der Waals surface area contributed by atoms with Gasteiger partial charge in [-0.3, -0.25) is 4.79 Å². The summed E-state index contributed by atoms with van der Waals surface area (Å²) >= 11 is 0. The number of piperidine rings is 1. The average molecular weight is 215 g/mol. The monoisotopic (exact) mass is 215 g/mol. The minimum atomic E-state index is -0.485. The fraction of sp³-hybridized carbons (Fsp3) is 0.900. The Hall–Kier alpha value is -0.650. The molecule has 1 heterocycles. The second-order valence-electron chi connectivity index (χ2n) is 4.12. The van der Waals surface area contributed by atoms with Crippen LogP contribution in [0.15, 0.2) is 0 Å². The van der Waals surface area contributed by atoms with E-state index in [0.29, 0.717) is 0 Å². The quantitative estimate of drug-likeness (QED) is 0.654. The van der Waals surface area contributed by atoms with Crippen LogP contribution < -0.4 is 5.32 Å². The van der Waals surface area contributed by atoms with Crippen LogP contribution in [0.5, 0.6) is 0 Å². The van der Waals surface area contributed by atoms with Crippen molar-refractivity contribution in [1.29, 1.82) is 0 Å². The number of rotatable bonds is 3. The molecule has 0 aromatic rings. The number of methoxy groups -OCH3 is 1. The molecule has 1 N–H and O–H groups in total. The summed E-state index contributed by atoms with van der Waals surface area (Å²) < 4.78 is 4.85. The molecule has 0 aromatic heterocycles. The van der Waals surface area contributed by atoms with Gasteiger partial charge in [0.15, 0.2) is 0 Å². The summed E-state index contributed by atoms with van der Waals surface area (Å²) in [6.45, 7) is 1.76. The summed E-state index contributed by atoms with van der Waals surface area (Å²) in [4.78, 5) is 11.7. The number of hydrogen-bond acceptors (Lipinski definition) is 5. The van der Waals surface area contributed by atoms with Crippen LogP contribution in [0.25, 0.3) is 0 Å². The van der Waals surface area contributed by atoms with Gasteiger partial charge in [-0.1, -0.05) is 0 Å². The van der Waals surface area contributed by atoms with Crippen LogP contribution in [0, 0.1) is 0 Å². The van der Waals surface area contributed by atoms with E-state index in [9.17, 15) is 4.79 Å². The van der Waals surface area contributed by atoms with Crippen LogP contribution in [0.3, 0.4) is 0 Å². The molecule has 0 aromatic carbocycles. The van der Waals surface area contributed by atoms with Crippen LogP contribution in [0.4, 0.5) is 0 Å². The maximum atomic E-state index is 11.7. The highest BCUT2D eigenvalue weighted by atomic mass is 16.5. The first-order valence-electron chi connectivity index (χ1n) is 5.25. The van der Waals surface area contributed by atoms with Crippen molar-refractivity contribution in [2.24, 2.45) is 0 Å². The second kappa shape index (κ2) is 4.92. The topological polar surface area (TPSA) is 44.8 Å². The molecule has 1 aliphatic rings. The molecular formula is C10H21N3O2. The van der Waals surface area contributed by atoms with Crippen molar-refractivity contribution in [2.75, 3.05) is 41.3 Å². The number of hydrazine groups is 1. The molecule has 5 nitrogen and oxygen atoms in total. The highest BCUT2D eigenvalue weighted by Gasteiger charge is 2.41. The van der Waals surface area contributed by atoms with Crippen LogP contribution in [0.1, 0.15) is 12.8 Å². The Balaban J connectivity index is 2.62.